The highest BCUT2D eigenvalue weighted by Crippen LogP contribution is 2.37. The van der Waals surface area contributed by atoms with Gasteiger partial charge in [0.1, 0.15) is 11.9 Å². The molecule has 1 aromatic heterocycles. The standard InChI is InChI=1S/C18H20F3N3O3/c1-17(2,3)27-16(26)22-6-7-24-10-13(9-23-24)14-5-4-12(11-25)8-15(14)18(19,20)21/h4-5,8-11H,6-7H2,1-3H3,(H,22,26). The Morgan fingerprint density at radius 3 is 2.59 bits per heavy atom. The van der Waals surface area contributed by atoms with Gasteiger partial charge in [-0.05, 0) is 32.4 Å². The third-order valence-corrected chi connectivity index (χ3v) is 3.44. The molecule has 1 N–H and O–H groups in total. The molecule has 0 atom stereocenters. The highest BCUT2D eigenvalue weighted by Gasteiger charge is 2.34. The number of alkyl carbamates (subject to hydrolysis) is 1. The molecule has 9 heteroatoms. The second-order valence-electron chi connectivity index (χ2n) is 6.84. The highest BCUT2D eigenvalue weighted by molar-refractivity contribution is 5.78. The van der Waals surface area contributed by atoms with Crippen LogP contribution in [0.4, 0.5) is 18.0 Å². The van der Waals surface area contributed by atoms with Gasteiger partial charge in [0, 0.05) is 23.9 Å². The Hall–Kier alpha value is -2.84. The SMILES string of the molecule is CC(C)(C)OC(=O)NCCn1cc(-c2ccc(C=O)cc2C(F)(F)F)cn1. The van der Waals surface area contributed by atoms with Crippen LogP contribution in [0.2, 0.25) is 0 Å². The van der Waals surface area contributed by atoms with Gasteiger partial charge in [0.25, 0.3) is 0 Å². The lowest BCUT2D eigenvalue weighted by Crippen LogP contribution is -2.34. The minimum atomic E-state index is -4.60. The summed E-state index contributed by atoms with van der Waals surface area (Å²) < 4.78 is 46.3. The minimum Gasteiger partial charge on any atom is -0.444 e. The van der Waals surface area contributed by atoms with Crippen LogP contribution in [0.15, 0.2) is 30.6 Å². The van der Waals surface area contributed by atoms with E-state index in [2.05, 4.69) is 10.4 Å². The van der Waals surface area contributed by atoms with Gasteiger partial charge in [-0.25, -0.2) is 4.79 Å². The maximum Gasteiger partial charge on any atom is 0.417 e. The van der Waals surface area contributed by atoms with Crippen molar-refractivity contribution in [1.82, 2.24) is 15.1 Å². The molecule has 0 radical (unpaired) electrons. The van der Waals surface area contributed by atoms with Gasteiger partial charge in [0.05, 0.1) is 18.3 Å². The maximum absolute atomic E-state index is 13.3. The van der Waals surface area contributed by atoms with Crippen molar-refractivity contribution in [2.45, 2.75) is 39.1 Å². The van der Waals surface area contributed by atoms with Crippen LogP contribution in [0.3, 0.4) is 0 Å². The Balaban J connectivity index is 2.10. The van der Waals surface area contributed by atoms with E-state index < -0.39 is 23.4 Å². The topological polar surface area (TPSA) is 73.2 Å². The van der Waals surface area contributed by atoms with E-state index in [1.165, 1.54) is 29.2 Å². The van der Waals surface area contributed by atoms with Crippen LogP contribution in [0.1, 0.15) is 36.7 Å². The number of hydrogen-bond donors (Lipinski definition) is 1. The molecule has 146 valence electrons. The Labute approximate surface area is 154 Å². The Morgan fingerprint density at radius 2 is 2.00 bits per heavy atom. The summed E-state index contributed by atoms with van der Waals surface area (Å²) in [7, 11) is 0. The van der Waals surface area contributed by atoms with Gasteiger partial charge in [0.2, 0.25) is 0 Å². The van der Waals surface area contributed by atoms with Gasteiger partial charge in [0.15, 0.2) is 0 Å². The van der Waals surface area contributed by atoms with Crippen molar-refractivity contribution in [3.63, 3.8) is 0 Å². The summed E-state index contributed by atoms with van der Waals surface area (Å²) in [4.78, 5) is 22.3. The van der Waals surface area contributed by atoms with Crippen LogP contribution in [0, 0.1) is 0 Å². The molecule has 1 heterocycles. The lowest BCUT2D eigenvalue weighted by molar-refractivity contribution is -0.137. The number of alkyl halides is 3. The molecule has 0 aliphatic rings. The third kappa shape index (κ3) is 5.83. The molecular weight excluding hydrogens is 363 g/mol. The Kier molecular flexibility index (Phi) is 5.92. The maximum atomic E-state index is 13.3. The van der Waals surface area contributed by atoms with Crippen LogP contribution in [-0.4, -0.2) is 34.3 Å². The number of aldehydes is 1. The largest absolute Gasteiger partial charge is 0.444 e. The lowest BCUT2D eigenvalue weighted by atomic mass is 9.99. The fraction of sp³-hybridized carbons (Fsp3) is 0.389. The summed E-state index contributed by atoms with van der Waals surface area (Å²) in [5, 5.41) is 6.56. The Morgan fingerprint density at radius 1 is 1.30 bits per heavy atom. The average Bonchev–Trinajstić information content (AvgIpc) is 3.00. The number of carbonyl (C=O) groups excluding carboxylic acids is 2. The molecule has 0 aliphatic heterocycles. The van der Waals surface area contributed by atoms with Crippen LogP contribution < -0.4 is 5.32 Å². The van der Waals surface area contributed by atoms with Crippen molar-refractivity contribution < 1.29 is 27.5 Å². The van der Waals surface area contributed by atoms with E-state index in [-0.39, 0.29) is 29.8 Å². The number of ether oxygens (including phenoxy) is 1. The first-order valence-corrected chi connectivity index (χ1v) is 8.16. The Bertz CT molecular complexity index is 823. The summed E-state index contributed by atoms with van der Waals surface area (Å²) >= 11 is 0. The molecule has 1 amide bonds. The van der Waals surface area contributed by atoms with Crippen molar-refractivity contribution in [3.8, 4) is 11.1 Å². The predicted octanol–water partition coefficient (Wildman–Crippen LogP) is 3.91. The summed E-state index contributed by atoms with van der Waals surface area (Å²) in [5.41, 5.74) is -1.39. The van der Waals surface area contributed by atoms with Crippen molar-refractivity contribution in [2.24, 2.45) is 0 Å². The average molecular weight is 383 g/mol. The van der Waals surface area contributed by atoms with Crippen molar-refractivity contribution in [2.75, 3.05) is 6.54 Å². The number of amides is 1. The number of halogens is 3. The van der Waals surface area contributed by atoms with E-state index in [0.29, 0.717) is 6.29 Å². The quantitative estimate of drug-likeness (QED) is 0.795. The van der Waals surface area contributed by atoms with E-state index in [0.717, 1.165) is 6.07 Å². The van der Waals surface area contributed by atoms with Crippen molar-refractivity contribution >= 4 is 12.4 Å². The number of carbonyl (C=O) groups is 2. The second-order valence-corrected chi connectivity index (χ2v) is 6.84. The number of benzene rings is 1. The highest BCUT2D eigenvalue weighted by atomic mass is 19.4. The van der Waals surface area contributed by atoms with Gasteiger partial charge >= 0.3 is 12.3 Å². The predicted molar refractivity (Wildman–Crippen MR) is 92.3 cm³/mol. The first-order chi connectivity index (χ1) is 12.5. The van der Waals surface area contributed by atoms with Gasteiger partial charge < -0.3 is 10.1 Å². The van der Waals surface area contributed by atoms with Gasteiger partial charge in [-0.3, -0.25) is 9.48 Å². The second kappa shape index (κ2) is 7.81. The first kappa shape index (κ1) is 20.5. The zero-order chi connectivity index (χ0) is 20.2. The van der Waals surface area contributed by atoms with E-state index in [1.54, 1.807) is 20.8 Å². The number of nitrogens with zero attached hydrogens (tertiary/aromatic N) is 2. The van der Waals surface area contributed by atoms with Crippen molar-refractivity contribution in [1.29, 1.82) is 0 Å². The smallest absolute Gasteiger partial charge is 0.417 e. The van der Waals surface area contributed by atoms with Crippen molar-refractivity contribution in [3.05, 3.63) is 41.7 Å². The minimum absolute atomic E-state index is 0.0555. The molecule has 27 heavy (non-hydrogen) atoms. The van der Waals surface area contributed by atoms with E-state index in [9.17, 15) is 22.8 Å². The van der Waals surface area contributed by atoms with E-state index in [1.807, 2.05) is 0 Å². The van der Waals surface area contributed by atoms with Crippen LogP contribution >= 0.6 is 0 Å². The zero-order valence-corrected chi connectivity index (χ0v) is 15.1. The molecule has 0 aliphatic carbocycles. The molecule has 0 saturated heterocycles. The van der Waals surface area contributed by atoms with E-state index >= 15 is 0 Å². The molecule has 6 nitrogen and oxygen atoms in total. The summed E-state index contributed by atoms with van der Waals surface area (Å²) in [6, 6.07) is 3.37. The summed E-state index contributed by atoms with van der Waals surface area (Å²) in [5.74, 6) is 0. The molecule has 0 unspecified atom stereocenters. The van der Waals surface area contributed by atoms with Gasteiger partial charge in [-0.15, -0.1) is 0 Å². The summed E-state index contributed by atoms with van der Waals surface area (Å²) in [6.07, 6.45) is -2.07. The third-order valence-electron chi connectivity index (χ3n) is 3.44. The van der Waals surface area contributed by atoms with Crippen LogP contribution in [0.25, 0.3) is 11.1 Å². The van der Waals surface area contributed by atoms with Gasteiger partial charge in [-0.1, -0.05) is 12.1 Å². The molecule has 1 aromatic carbocycles. The number of rotatable bonds is 5. The first-order valence-electron chi connectivity index (χ1n) is 8.16. The molecule has 0 spiro atoms. The molecule has 0 saturated carbocycles. The molecular formula is C18H20F3N3O3. The van der Waals surface area contributed by atoms with Crippen LogP contribution in [0.5, 0.6) is 0 Å². The normalized spacial score (nSPS) is 11.9. The molecule has 0 fully saturated rings. The van der Waals surface area contributed by atoms with Crippen LogP contribution in [-0.2, 0) is 17.5 Å². The zero-order valence-electron chi connectivity index (χ0n) is 15.1. The monoisotopic (exact) mass is 383 g/mol. The van der Waals surface area contributed by atoms with Gasteiger partial charge in [-0.2, -0.15) is 18.3 Å². The fourth-order valence-corrected chi connectivity index (χ4v) is 2.33. The summed E-state index contributed by atoms with van der Waals surface area (Å²) in [6.45, 7) is 5.67. The molecule has 2 rings (SSSR count). The van der Waals surface area contributed by atoms with E-state index in [4.69, 9.17) is 4.74 Å². The fourth-order valence-electron chi connectivity index (χ4n) is 2.33. The number of aromatic nitrogens is 2. The molecule has 0 bridgehead atoms. The number of nitrogens with one attached hydrogen (secondary N) is 1. The molecule has 2 aromatic rings. The lowest BCUT2D eigenvalue weighted by Gasteiger charge is -2.19. The number of hydrogen-bond acceptors (Lipinski definition) is 4.